The van der Waals surface area contributed by atoms with E-state index in [1.807, 2.05) is 25.1 Å². The van der Waals surface area contributed by atoms with Crippen LogP contribution >= 0.6 is 0 Å². The van der Waals surface area contributed by atoms with E-state index in [0.29, 0.717) is 23.3 Å². The lowest BCUT2D eigenvalue weighted by Gasteiger charge is -2.15. The van der Waals surface area contributed by atoms with Crippen LogP contribution in [0.2, 0.25) is 0 Å². The number of hydrogen-bond donors (Lipinski definition) is 2. The van der Waals surface area contributed by atoms with Crippen LogP contribution < -0.4 is 9.47 Å². The first-order valence-electron chi connectivity index (χ1n) is 8.68. The maximum atomic E-state index is 12.5. The molecule has 1 aromatic heterocycles. The number of fused-ring (bicyclic) bond motifs is 1. The van der Waals surface area contributed by atoms with Crippen molar-refractivity contribution in [3.8, 4) is 17.4 Å². The lowest BCUT2D eigenvalue weighted by molar-refractivity contribution is -0.125. The third-order valence-electron chi connectivity index (χ3n) is 4.07. The molecule has 0 aliphatic heterocycles. The van der Waals surface area contributed by atoms with E-state index in [4.69, 9.17) is 9.47 Å². The molecule has 0 radical (unpaired) electrons. The summed E-state index contributed by atoms with van der Waals surface area (Å²) in [5, 5.41) is 18.4. The number of carbonyl (C=O) groups excluding carboxylic acids is 1. The van der Waals surface area contributed by atoms with Gasteiger partial charge >= 0.3 is 5.91 Å². The number of para-hydroxylation sites is 1. The van der Waals surface area contributed by atoms with E-state index in [0.717, 1.165) is 11.9 Å². The zero-order valence-electron chi connectivity index (χ0n) is 15.2. The van der Waals surface area contributed by atoms with Crippen LogP contribution in [0.3, 0.4) is 0 Å². The molecule has 1 heterocycles. The molecule has 0 spiro atoms. The van der Waals surface area contributed by atoms with E-state index in [1.54, 1.807) is 37.4 Å². The number of ether oxygens (including phenoxy) is 2. The third kappa shape index (κ3) is 4.25. The molecule has 27 heavy (non-hydrogen) atoms. The summed E-state index contributed by atoms with van der Waals surface area (Å²) in [7, 11) is 1.58. The molecule has 7 heteroatoms. The van der Waals surface area contributed by atoms with Gasteiger partial charge in [-0.3, -0.25) is 4.79 Å². The van der Waals surface area contributed by atoms with E-state index in [1.165, 1.54) is 0 Å². The van der Waals surface area contributed by atoms with Crippen molar-refractivity contribution < 1.29 is 19.4 Å². The van der Waals surface area contributed by atoms with Crippen LogP contribution in [-0.2, 0) is 4.79 Å². The molecule has 0 saturated heterocycles. The summed E-state index contributed by atoms with van der Waals surface area (Å²) >= 11 is 0. The number of aromatic amines is 1. The van der Waals surface area contributed by atoms with Gasteiger partial charge in [-0.2, -0.15) is 0 Å². The van der Waals surface area contributed by atoms with Gasteiger partial charge in [-0.25, -0.2) is 0 Å². The minimum atomic E-state index is -0.750. The standard InChI is InChI=1S/C20H21N3O4/c1-3-6-17(27-14-11-9-13(26-2)10-12-14)19(24)23-22-18-15-7-4-5-8-16(15)21-20(18)25/h4-5,7-12,17,21,25H,3,6H2,1-2H3. The van der Waals surface area contributed by atoms with Crippen molar-refractivity contribution in [2.75, 3.05) is 7.11 Å². The fourth-order valence-electron chi connectivity index (χ4n) is 2.69. The number of carbonyl (C=O) groups is 1. The van der Waals surface area contributed by atoms with Crippen molar-refractivity contribution >= 4 is 22.5 Å². The topological polar surface area (TPSA) is 96.3 Å². The number of hydrogen-bond acceptors (Lipinski definition) is 5. The molecule has 0 aliphatic rings. The first-order chi connectivity index (χ1) is 13.1. The van der Waals surface area contributed by atoms with Crippen molar-refractivity contribution in [3.63, 3.8) is 0 Å². The molecule has 3 aromatic rings. The normalized spacial score (nSPS) is 12.4. The van der Waals surface area contributed by atoms with E-state index >= 15 is 0 Å². The summed E-state index contributed by atoms with van der Waals surface area (Å²) in [4.78, 5) is 15.3. The highest BCUT2D eigenvalue weighted by molar-refractivity contribution is 5.94. The molecule has 140 valence electrons. The monoisotopic (exact) mass is 367 g/mol. The first-order valence-corrected chi connectivity index (χ1v) is 8.68. The Kier molecular flexibility index (Phi) is 5.71. The zero-order valence-corrected chi connectivity index (χ0v) is 15.2. The third-order valence-corrected chi connectivity index (χ3v) is 4.07. The van der Waals surface area contributed by atoms with Crippen LogP contribution in [0, 0.1) is 0 Å². The summed E-state index contributed by atoms with van der Waals surface area (Å²) in [5.74, 6) is 0.621. The Morgan fingerprint density at radius 1 is 1.15 bits per heavy atom. The Labute approximate surface area is 156 Å². The molecular formula is C20H21N3O4. The summed E-state index contributed by atoms with van der Waals surface area (Å²) < 4.78 is 10.9. The molecule has 0 aliphatic carbocycles. The molecule has 3 rings (SSSR count). The van der Waals surface area contributed by atoms with Crippen molar-refractivity contribution in [3.05, 3.63) is 48.5 Å². The number of H-pyrrole nitrogens is 1. The van der Waals surface area contributed by atoms with Gasteiger partial charge in [0.05, 0.1) is 12.6 Å². The van der Waals surface area contributed by atoms with Crippen molar-refractivity contribution in [1.29, 1.82) is 0 Å². The second kappa shape index (κ2) is 8.35. The minimum Gasteiger partial charge on any atom is -0.497 e. The molecule has 1 unspecified atom stereocenters. The maximum Gasteiger partial charge on any atom is 0.305 e. The molecule has 2 N–H and O–H groups in total. The number of rotatable bonds is 7. The Hall–Kier alpha value is -3.35. The van der Waals surface area contributed by atoms with Gasteiger partial charge in [-0.1, -0.05) is 31.5 Å². The van der Waals surface area contributed by atoms with Crippen LogP contribution in [0.5, 0.6) is 17.4 Å². The van der Waals surface area contributed by atoms with Gasteiger partial charge in [-0.15, -0.1) is 10.2 Å². The van der Waals surface area contributed by atoms with E-state index in [-0.39, 0.29) is 11.6 Å². The van der Waals surface area contributed by atoms with Crippen LogP contribution in [0.1, 0.15) is 19.8 Å². The number of methoxy groups -OCH3 is 1. The zero-order chi connectivity index (χ0) is 19.2. The maximum absolute atomic E-state index is 12.5. The Morgan fingerprint density at radius 3 is 2.56 bits per heavy atom. The highest BCUT2D eigenvalue weighted by Gasteiger charge is 2.20. The molecule has 2 aromatic carbocycles. The lowest BCUT2D eigenvalue weighted by Crippen LogP contribution is -2.25. The minimum absolute atomic E-state index is 0.129. The number of aromatic hydroxyl groups is 1. The summed E-state index contributed by atoms with van der Waals surface area (Å²) in [6.45, 7) is 1.96. The molecule has 0 bridgehead atoms. The summed E-state index contributed by atoms with van der Waals surface area (Å²) in [6.07, 6.45) is 0.504. The highest BCUT2D eigenvalue weighted by Crippen LogP contribution is 2.35. The van der Waals surface area contributed by atoms with Gasteiger partial charge in [0, 0.05) is 5.39 Å². The van der Waals surface area contributed by atoms with Gasteiger partial charge < -0.3 is 19.6 Å². The first kappa shape index (κ1) is 18.4. The van der Waals surface area contributed by atoms with Crippen molar-refractivity contribution in [1.82, 2.24) is 4.98 Å². The number of amides is 1. The van der Waals surface area contributed by atoms with E-state index < -0.39 is 12.0 Å². The predicted octanol–water partition coefficient (Wildman–Crippen LogP) is 4.74. The van der Waals surface area contributed by atoms with Crippen LogP contribution in [0.15, 0.2) is 58.8 Å². The largest absolute Gasteiger partial charge is 0.497 e. The van der Waals surface area contributed by atoms with E-state index in [9.17, 15) is 9.90 Å². The average molecular weight is 367 g/mol. The summed E-state index contributed by atoms with van der Waals surface area (Å²) in [6, 6.07) is 14.2. The molecule has 1 atom stereocenters. The number of benzene rings is 2. The van der Waals surface area contributed by atoms with E-state index in [2.05, 4.69) is 15.2 Å². The summed E-state index contributed by atoms with van der Waals surface area (Å²) in [5.41, 5.74) is 0.953. The van der Waals surface area contributed by atoms with Gasteiger partial charge in [-0.05, 0) is 36.8 Å². The van der Waals surface area contributed by atoms with Gasteiger partial charge in [0.2, 0.25) is 5.88 Å². The molecule has 0 saturated carbocycles. The second-order valence-electron chi connectivity index (χ2n) is 5.98. The van der Waals surface area contributed by atoms with Crippen LogP contribution in [0.25, 0.3) is 10.9 Å². The highest BCUT2D eigenvalue weighted by atomic mass is 16.5. The number of nitrogens with one attached hydrogen (secondary N) is 1. The SMILES string of the molecule is CCCC(Oc1ccc(OC)cc1)C(=O)N=Nc1c(O)[nH]c2ccccc12. The second-order valence-corrected chi connectivity index (χ2v) is 5.98. The molecule has 0 fully saturated rings. The molecular weight excluding hydrogens is 346 g/mol. The Morgan fingerprint density at radius 2 is 1.85 bits per heavy atom. The number of azo groups is 1. The van der Waals surface area contributed by atoms with Gasteiger partial charge in [0.15, 0.2) is 11.8 Å². The fourth-order valence-corrected chi connectivity index (χ4v) is 2.69. The van der Waals surface area contributed by atoms with Crippen molar-refractivity contribution in [2.45, 2.75) is 25.9 Å². The average Bonchev–Trinajstić information content (AvgIpc) is 3.01. The molecule has 1 amide bonds. The number of aromatic nitrogens is 1. The fraction of sp³-hybridized carbons (Fsp3) is 0.250. The van der Waals surface area contributed by atoms with Gasteiger partial charge in [0.25, 0.3) is 0 Å². The Balaban J connectivity index is 1.77. The Bertz CT molecular complexity index is 948. The predicted molar refractivity (Wildman–Crippen MR) is 102 cm³/mol. The van der Waals surface area contributed by atoms with Crippen LogP contribution in [-0.4, -0.2) is 29.2 Å². The number of nitrogens with zero attached hydrogens (tertiary/aromatic N) is 2. The molecule has 7 nitrogen and oxygen atoms in total. The van der Waals surface area contributed by atoms with Gasteiger partial charge in [0.1, 0.15) is 11.5 Å². The lowest BCUT2D eigenvalue weighted by atomic mass is 10.2. The quantitative estimate of drug-likeness (QED) is 0.590. The van der Waals surface area contributed by atoms with Crippen LogP contribution in [0.4, 0.5) is 5.69 Å². The smallest absolute Gasteiger partial charge is 0.305 e. The van der Waals surface area contributed by atoms with Crippen molar-refractivity contribution in [2.24, 2.45) is 10.2 Å².